The second-order valence-corrected chi connectivity index (χ2v) is 4.67. The number of hydrogen-bond donors (Lipinski definition) is 2. The summed E-state index contributed by atoms with van der Waals surface area (Å²) in [5, 5.41) is 9.33. The van der Waals surface area contributed by atoms with Crippen molar-refractivity contribution in [3.63, 3.8) is 0 Å². The van der Waals surface area contributed by atoms with E-state index < -0.39 is 11.4 Å². The SMILES string of the molecule is O=C(O)c1c[nH]c2cc(N3CCOCC3)ccc2c1=O. The molecule has 1 fully saturated rings. The zero-order valence-electron chi connectivity index (χ0n) is 10.8. The minimum absolute atomic E-state index is 0.239. The highest BCUT2D eigenvalue weighted by atomic mass is 16.5. The summed E-state index contributed by atoms with van der Waals surface area (Å²) < 4.78 is 5.31. The van der Waals surface area contributed by atoms with E-state index >= 15 is 0 Å². The van der Waals surface area contributed by atoms with E-state index in [1.165, 1.54) is 6.20 Å². The zero-order valence-corrected chi connectivity index (χ0v) is 10.8. The van der Waals surface area contributed by atoms with E-state index in [0.29, 0.717) is 24.1 Å². The van der Waals surface area contributed by atoms with Crippen LogP contribution in [0.5, 0.6) is 0 Å². The number of ether oxygens (including phenoxy) is 1. The van der Waals surface area contributed by atoms with Crippen LogP contribution in [0.2, 0.25) is 0 Å². The Morgan fingerprint density at radius 1 is 1.30 bits per heavy atom. The van der Waals surface area contributed by atoms with Crippen LogP contribution in [0.25, 0.3) is 10.9 Å². The number of aromatic nitrogens is 1. The molecule has 0 atom stereocenters. The first-order valence-electron chi connectivity index (χ1n) is 6.38. The van der Waals surface area contributed by atoms with Gasteiger partial charge in [0.2, 0.25) is 5.43 Å². The lowest BCUT2D eigenvalue weighted by molar-refractivity contribution is 0.0695. The molecule has 0 aliphatic carbocycles. The van der Waals surface area contributed by atoms with E-state index in [-0.39, 0.29) is 5.56 Å². The van der Waals surface area contributed by atoms with Gasteiger partial charge in [0.15, 0.2) is 0 Å². The number of nitrogens with one attached hydrogen (secondary N) is 1. The monoisotopic (exact) mass is 274 g/mol. The molecule has 20 heavy (non-hydrogen) atoms. The molecular formula is C14H14N2O4. The highest BCUT2D eigenvalue weighted by Crippen LogP contribution is 2.20. The molecule has 0 bridgehead atoms. The van der Waals surface area contributed by atoms with Crippen molar-refractivity contribution in [2.45, 2.75) is 0 Å². The number of pyridine rings is 1. The number of carbonyl (C=O) groups is 1. The summed E-state index contributed by atoms with van der Waals surface area (Å²) in [4.78, 5) is 28.0. The number of anilines is 1. The van der Waals surface area contributed by atoms with Gasteiger partial charge in [-0.15, -0.1) is 0 Å². The molecule has 0 unspecified atom stereocenters. The van der Waals surface area contributed by atoms with E-state index in [0.717, 1.165) is 18.8 Å². The highest BCUT2D eigenvalue weighted by molar-refractivity contribution is 5.93. The predicted molar refractivity (Wildman–Crippen MR) is 74.6 cm³/mol. The fraction of sp³-hybridized carbons (Fsp3) is 0.286. The molecule has 0 radical (unpaired) electrons. The number of nitrogens with zero attached hydrogens (tertiary/aromatic N) is 1. The van der Waals surface area contributed by atoms with E-state index in [1.54, 1.807) is 6.07 Å². The highest BCUT2D eigenvalue weighted by Gasteiger charge is 2.14. The smallest absolute Gasteiger partial charge is 0.341 e. The van der Waals surface area contributed by atoms with E-state index in [4.69, 9.17) is 9.84 Å². The Morgan fingerprint density at radius 2 is 2.05 bits per heavy atom. The largest absolute Gasteiger partial charge is 0.477 e. The molecule has 2 heterocycles. The maximum absolute atomic E-state index is 12.0. The molecule has 0 amide bonds. The Morgan fingerprint density at radius 3 is 2.75 bits per heavy atom. The number of fused-ring (bicyclic) bond motifs is 1. The lowest BCUT2D eigenvalue weighted by Crippen LogP contribution is -2.36. The first-order valence-corrected chi connectivity index (χ1v) is 6.38. The summed E-state index contributed by atoms with van der Waals surface area (Å²) in [6.07, 6.45) is 1.25. The Kier molecular flexibility index (Phi) is 3.15. The molecule has 2 aromatic rings. The van der Waals surface area contributed by atoms with Crippen LogP contribution >= 0.6 is 0 Å². The number of hydrogen-bond acceptors (Lipinski definition) is 4. The fourth-order valence-corrected chi connectivity index (χ4v) is 2.39. The number of H-pyrrole nitrogens is 1. The van der Waals surface area contributed by atoms with Crippen molar-refractivity contribution in [3.8, 4) is 0 Å². The molecule has 1 aliphatic rings. The number of carboxylic acid groups (broad SMARTS) is 1. The number of benzene rings is 1. The molecule has 1 aliphatic heterocycles. The maximum atomic E-state index is 12.0. The van der Waals surface area contributed by atoms with E-state index in [2.05, 4.69) is 9.88 Å². The van der Waals surface area contributed by atoms with Gasteiger partial charge in [-0.2, -0.15) is 0 Å². The van der Waals surface area contributed by atoms with Crippen LogP contribution in [-0.2, 0) is 4.74 Å². The van der Waals surface area contributed by atoms with Crippen LogP contribution in [0.3, 0.4) is 0 Å². The van der Waals surface area contributed by atoms with Gasteiger partial charge in [0.1, 0.15) is 5.56 Å². The molecule has 0 spiro atoms. The topological polar surface area (TPSA) is 82.6 Å². The Hall–Kier alpha value is -2.34. The van der Waals surface area contributed by atoms with E-state index in [9.17, 15) is 9.59 Å². The second-order valence-electron chi connectivity index (χ2n) is 4.67. The standard InChI is InChI=1S/C14H14N2O4/c17-13-10-2-1-9(16-3-5-20-6-4-16)7-12(10)15-8-11(13)14(18)19/h1-2,7-8H,3-6H2,(H,15,17)(H,18,19). The molecule has 6 heteroatoms. The fourth-order valence-electron chi connectivity index (χ4n) is 2.39. The molecule has 6 nitrogen and oxygen atoms in total. The average Bonchev–Trinajstić information content (AvgIpc) is 2.48. The van der Waals surface area contributed by atoms with Gasteiger partial charge in [-0.05, 0) is 18.2 Å². The normalized spacial score (nSPS) is 15.5. The Bertz CT molecular complexity index is 717. The van der Waals surface area contributed by atoms with Gasteiger partial charge in [-0.25, -0.2) is 4.79 Å². The first kappa shape index (κ1) is 12.7. The second kappa shape index (κ2) is 4.97. The molecule has 104 valence electrons. The van der Waals surface area contributed by atoms with Crippen molar-refractivity contribution in [3.05, 3.63) is 40.2 Å². The quantitative estimate of drug-likeness (QED) is 0.855. The van der Waals surface area contributed by atoms with Gasteiger partial charge in [0, 0.05) is 30.4 Å². The van der Waals surface area contributed by atoms with Gasteiger partial charge >= 0.3 is 5.97 Å². The molecular weight excluding hydrogens is 260 g/mol. The average molecular weight is 274 g/mol. The van der Waals surface area contributed by atoms with Gasteiger partial charge in [-0.3, -0.25) is 4.79 Å². The summed E-state index contributed by atoms with van der Waals surface area (Å²) in [7, 11) is 0. The summed E-state index contributed by atoms with van der Waals surface area (Å²) >= 11 is 0. The number of carboxylic acids is 1. The predicted octanol–water partition coefficient (Wildman–Crippen LogP) is 1.06. The van der Waals surface area contributed by atoms with Crippen LogP contribution in [0.1, 0.15) is 10.4 Å². The summed E-state index contributed by atoms with van der Waals surface area (Å²) in [5.74, 6) is -1.22. The summed E-state index contributed by atoms with van der Waals surface area (Å²) in [5.41, 5.74) is 0.944. The number of aromatic amines is 1. The molecule has 0 saturated carbocycles. The van der Waals surface area contributed by atoms with Crippen molar-refractivity contribution < 1.29 is 14.6 Å². The number of morpholine rings is 1. The van der Waals surface area contributed by atoms with Crippen molar-refractivity contribution in [2.24, 2.45) is 0 Å². The Labute approximate surface area is 114 Å². The lowest BCUT2D eigenvalue weighted by atomic mass is 10.1. The van der Waals surface area contributed by atoms with Crippen LogP contribution in [0.4, 0.5) is 5.69 Å². The third-order valence-corrected chi connectivity index (χ3v) is 3.47. The third kappa shape index (κ3) is 2.14. The molecule has 3 rings (SSSR count). The van der Waals surface area contributed by atoms with E-state index in [1.807, 2.05) is 12.1 Å². The van der Waals surface area contributed by atoms with Crippen LogP contribution in [0, 0.1) is 0 Å². The number of aromatic carboxylic acids is 1. The van der Waals surface area contributed by atoms with Crippen molar-refractivity contribution in [2.75, 3.05) is 31.2 Å². The minimum Gasteiger partial charge on any atom is -0.477 e. The van der Waals surface area contributed by atoms with Crippen LogP contribution in [-0.4, -0.2) is 42.4 Å². The molecule has 1 saturated heterocycles. The third-order valence-electron chi connectivity index (χ3n) is 3.47. The number of rotatable bonds is 2. The molecule has 1 aromatic carbocycles. The zero-order chi connectivity index (χ0) is 14.1. The van der Waals surface area contributed by atoms with Gasteiger partial charge in [0.05, 0.1) is 18.7 Å². The summed E-state index contributed by atoms with van der Waals surface area (Å²) in [6, 6.07) is 5.38. The Balaban J connectivity index is 2.06. The van der Waals surface area contributed by atoms with Gasteiger partial charge in [0.25, 0.3) is 0 Å². The van der Waals surface area contributed by atoms with Crippen molar-refractivity contribution >= 4 is 22.6 Å². The van der Waals surface area contributed by atoms with Gasteiger partial charge in [-0.1, -0.05) is 0 Å². The summed E-state index contributed by atoms with van der Waals surface area (Å²) in [6.45, 7) is 2.99. The van der Waals surface area contributed by atoms with Crippen molar-refractivity contribution in [1.82, 2.24) is 4.98 Å². The van der Waals surface area contributed by atoms with Crippen LogP contribution in [0.15, 0.2) is 29.2 Å². The minimum atomic E-state index is -1.22. The first-order chi connectivity index (χ1) is 9.66. The molecule has 2 N–H and O–H groups in total. The maximum Gasteiger partial charge on any atom is 0.341 e. The van der Waals surface area contributed by atoms with Crippen LogP contribution < -0.4 is 10.3 Å². The van der Waals surface area contributed by atoms with Crippen molar-refractivity contribution in [1.29, 1.82) is 0 Å². The lowest BCUT2D eigenvalue weighted by Gasteiger charge is -2.28. The van der Waals surface area contributed by atoms with Gasteiger partial charge < -0.3 is 19.7 Å². The molecule has 1 aromatic heterocycles.